The molecule has 0 aliphatic carbocycles. The van der Waals surface area contributed by atoms with Gasteiger partial charge in [-0.15, -0.1) is 0 Å². The minimum atomic E-state index is -0.251. The molecule has 1 fully saturated rings. The Morgan fingerprint density at radius 2 is 1.88 bits per heavy atom. The van der Waals surface area contributed by atoms with Crippen molar-refractivity contribution in [2.75, 3.05) is 32.8 Å². The summed E-state index contributed by atoms with van der Waals surface area (Å²) >= 11 is 0. The summed E-state index contributed by atoms with van der Waals surface area (Å²) < 4.78 is 6.74. The zero-order valence-electron chi connectivity index (χ0n) is 14.2. The van der Waals surface area contributed by atoms with Crippen LogP contribution in [0.5, 0.6) is 0 Å². The molecule has 2 heterocycles. The predicted octanol–water partition coefficient (Wildman–Crippen LogP) is 1.81. The maximum atomic E-state index is 12.6. The molecule has 0 radical (unpaired) electrons. The van der Waals surface area contributed by atoms with Crippen LogP contribution in [0, 0.1) is 0 Å². The quantitative estimate of drug-likeness (QED) is 0.862. The number of para-hydroxylation sites is 1. The first-order valence-corrected chi connectivity index (χ1v) is 8.32. The topological polar surface area (TPSA) is 54.8 Å². The number of pyridine rings is 1. The van der Waals surface area contributed by atoms with Gasteiger partial charge in [0.25, 0.3) is 5.56 Å². The molecule has 0 spiro atoms. The molecule has 1 aromatic heterocycles. The van der Waals surface area contributed by atoms with Gasteiger partial charge in [0, 0.05) is 45.3 Å². The number of ether oxygens (including phenoxy) is 1. The van der Waals surface area contributed by atoms with Crippen molar-refractivity contribution in [3.8, 4) is 0 Å². The third-order valence-electron chi connectivity index (χ3n) is 4.50. The second-order valence-electron chi connectivity index (χ2n) is 6.05. The zero-order valence-corrected chi connectivity index (χ0v) is 14.2. The van der Waals surface area contributed by atoms with E-state index in [0.717, 1.165) is 29.6 Å². The summed E-state index contributed by atoms with van der Waals surface area (Å²) in [6, 6.07) is 9.88. The number of piperazine rings is 1. The number of fused-ring (bicyclic) bond motifs is 1. The van der Waals surface area contributed by atoms with E-state index in [1.165, 1.54) is 0 Å². The first-order valence-electron chi connectivity index (χ1n) is 8.32. The Kier molecular flexibility index (Phi) is 4.85. The van der Waals surface area contributed by atoms with Gasteiger partial charge in [0.1, 0.15) is 0 Å². The largest absolute Gasteiger partial charge is 0.450 e. The van der Waals surface area contributed by atoms with Crippen LogP contribution in [0.1, 0.15) is 12.5 Å². The number of benzene rings is 1. The standard InChI is InChI=1S/C18H23N3O3/c1-3-24-18(23)21-10-8-20(9-11-21)13-15-12-14-6-4-5-7-16(14)19(2)17(15)22/h4-7,12H,3,8-11,13H2,1-2H3. The lowest BCUT2D eigenvalue weighted by molar-refractivity contribution is 0.0777. The van der Waals surface area contributed by atoms with Gasteiger partial charge in [-0.2, -0.15) is 0 Å². The molecule has 0 unspecified atom stereocenters. The summed E-state index contributed by atoms with van der Waals surface area (Å²) in [6.45, 7) is 5.56. The van der Waals surface area contributed by atoms with Gasteiger partial charge in [-0.25, -0.2) is 4.79 Å². The van der Waals surface area contributed by atoms with E-state index >= 15 is 0 Å². The van der Waals surface area contributed by atoms with Crippen molar-refractivity contribution >= 4 is 17.0 Å². The average molecular weight is 329 g/mol. The van der Waals surface area contributed by atoms with Crippen LogP contribution in [0.4, 0.5) is 4.79 Å². The Bertz CT molecular complexity index is 792. The first-order chi connectivity index (χ1) is 11.6. The third kappa shape index (κ3) is 3.28. The second-order valence-corrected chi connectivity index (χ2v) is 6.05. The van der Waals surface area contributed by atoms with Crippen molar-refractivity contribution in [3.63, 3.8) is 0 Å². The smallest absolute Gasteiger partial charge is 0.409 e. The second kappa shape index (κ2) is 7.05. The lowest BCUT2D eigenvalue weighted by atomic mass is 10.1. The van der Waals surface area contributed by atoms with Gasteiger partial charge in [0.15, 0.2) is 0 Å². The van der Waals surface area contributed by atoms with E-state index in [1.54, 1.807) is 9.47 Å². The first kappa shape index (κ1) is 16.5. The van der Waals surface area contributed by atoms with Crippen molar-refractivity contribution < 1.29 is 9.53 Å². The SMILES string of the molecule is CCOC(=O)N1CCN(Cc2cc3ccccc3n(C)c2=O)CC1. The van der Waals surface area contributed by atoms with Gasteiger partial charge in [0.2, 0.25) is 0 Å². The lowest BCUT2D eigenvalue weighted by Gasteiger charge is -2.33. The molecule has 0 saturated carbocycles. The number of nitrogens with zero attached hydrogens (tertiary/aromatic N) is 3. The average Bonchev–Trinajstić information content (AvgIpc) is 2.60. The van der Waals surface area contributed by atoms with E-state index < -0.39 is 0 Å². The van der Waals surface area contributed by atoms with Crippen LogP contribution in [-0.2, 0) is 18.3 Å². The van der Waals surface area contributed by atoms with E-state index in [9.17, 15) is 9.59 Å². The molecule has 128 valence electrons. The van der Waals surface area contributed by atoms with E-state index in [4.69, 9.17) is 4.74 Å². The summed E-state index contributed by atoms with van der Waals surface area (Å²) in [7, 11) is 1.81. The highest BCUT2D eigenvalue weighted by Crippen LogP contribution is 2.14. The zero-order chi connectivity index (χ0) is 17.1. The molecule has 1 aromatic carbocycles. The van der Waals surface area contributed by atoms with Crippen LogP contribution in [0.3, 0.4) is 0 Å². The molecule has 24 heavy (non-hydrogen) atoms. The number of aryl methyl sites for hydroxylation is 1. The molecule has 0 atom stereocenters. The van der Waals surface area contributed by atoms with Crippen molar-refractivity contribution in [2.24, 2.45) is 7.05 Å². The Labute approximate surface area is 141 Å². The molecule has 1 aliphatic heterocycles. The normalized spacial score (nSPS) is 15.7. The Hall–Kier alpha value is -2.34. The third-order valence-corrected chi connectivity index (χ3v) is 4.50. The Morgan fingerprint density at radius 1 is 1.17 bits per heavy atom. The summed E-state index contributed by atoms with van der Waals surface area (Å²) in [5, 5.41) is 1.07. The molecule has 2 aromatic rings. The van der Waals surface area contributed by atoms with Gasteiger partial charge < -0.3 is 14.2 Å². The molecule has 6 nitrogen and oxygen atoms in total. The van der Waals surface area contributed by atoms with Crippen LogP contribution >= 0.6 is 0 Å². The molecule has 1 saturated heterocycles. The van der Waals surface area contributed by atoms with Gasteiger partial charge in [-0.05, 0) is 24.4 Å². The molecule has 6 heteroatoms. The monoisotopic (exact) mass is 329 g/mol. The summed E-state index contributed by atoms with van der Waals surface area (Å²) in [6.07, 6.45) is -0.251. The van der Waals surface area contributed by atoms with Crippen molar-refractivity contribution in [1.29, 1.82) is 0 Å². The number of hydrogen-bond donors (Lipinski definition) is 0. The number of aromatic nitrogens is 1. The highest BCUT2D eigenvalue weighted by atomic mass is 16.6. The van der Waals surface area contributed by atoms with Crippen LogP contribution < -0.4 is 5.56 Å². The van der Waals surface area contributed by atoms with Gasteiger partial charge in [0.05, 0.1) is 12.1 Å². The van der Waals surface area contributed by atoms with Crippen LogP contribution in [-0.4, -0.2) is 53.2 Å². The molecule has 0 bridgehead atoms. The van der Waals surface area contributed by atoms with E-state index in [2.05, 4.69) is 4.90 Å². The molecular weight excluding hydrogens is 306 g/mol. The molecular formula is C18H23N3O3. The van der Waals surface area contributed by atoms with Gasteiger partial charge in [-0.1, -0.05) is 18.2 Å². The number of carbonyl (C=O) groups excluding carboxylic acids is 1. The van der Waals surface area contributed by atoms with Crippen LogP contribution in [0.15, 0.2) is 35.1 Å². The van der Waals surface area contributed by atoms with E-state index in [0.29, 0.717) is 26.2 Å². The van der Waals surface area contributed by atoms with Crippen molar-refractivity contribution in [3.05, 3.63) is 46.2 Å². The maximum Gasteiger partial charge on any atom is 0.409 e. The van der Waals surface area contributed by atoms with E-state index in [1.807, 2.05) is 44.3 Å². The Balaban J connectivity index is 1.72. The maximum absolute atomic E-state index is 12.6. The Morgan fingerprint density at radius 3 is 2.58 bits per heavy atom. The van der Waals surface area contributed by atoms with Gasteiger partial charge >= 0.3 is 6.09 Å². The molecule has 0 N–H and O–H groups in total. The predicted molar refractivity (Wildman–Crippen MR) is 93.1 cm³/mol. The summed E-state index contributed by atoms with van der Waals surface area (Å²) in [5.74, 6) is 0. The van der Waals surface area contributed by atoms with Crippen molar-refractivity contribution in [2.45, 2.75) is 13.5 Å². The lowest BCUT2D eigenvalue weighted by Crippen LogP contribution is -2.48. The minimum Gasteiger partial charge on any atom is -0.450 e. The molecule has 1 aliphatic rings. The van der Waals surface area contributed by atoms with Crippen LogP contribution in [0.25, 0.3) is 10.9 Å². The number of rotatable bonds is 3. The fourth-order valence-corrected chi connectivity index (χ4v) is 3.15. The molecule has 3 rings (SSSR count). The fourth-order valence-electron chi connectivity index (χ4n) is 3.15. The summed E-state index contributed by atoms with van der Waals surface area (Å²) in [4.78, 5) is 28.2. The summed E-state index contributed by atoms with van der Waals surface area (Å²) in [5.41, 5.74) is 1.78. The van der Waals surface area contributed by atoms with Crippen LogP contribution in [0.2, 0.25) is 0 Å². The highest BCUT2D eigenvalue weighted by Gasteiger charge is 2.22. The highest BCUT2D eigenvalue weighted by molar-refractivity contribution is 5.79. The number of carbonyl (C=O) groups is 1. The molecule has 1 amide bonds. The number of amides is 1. The van der Waals surface area contributed by atoms with Gasteiger partial charge in [-0.3, -0.25) is 9.69 Å². The van der Waals surface area contributed by atoms with Crippen molar-refractivity contribution in [1.82, 2.24) is 14.4 Å². The minimum absolute atomic E-state index is 0.0431. The fraction of sp³-hybridized carbons (Fsp3) is 0.444. The number of hydrogen-bond acceptors (Lipinski definition) is 4. The van der Waals surface area contributed by atoms with E-state index in [-0.39, 0.29) is 11.7 Å².